The fourth-order valence-corrected chi connectivity index (χ4v) is 3.98. The molecule has 1 fully saturated rings. The van der Waals surface area contributed by atoms with Crippen LogP contribution in [0.5, 0.6) is 0 Å². The van der Waals surface area contributed by atoms with Gasteiger partial charge in [0.15, 0.2) is 0 Å². The van der Waals surface area contributed by atoms with E-state index in [1.165, 1.54) is 11.1 Å². The number of nitrogens with one attached hydrogen (secondary N) is 2. The molecule has 0 radical (unpaired) electrons. The molecule has 140 valence electrons. The van der Waals surface area contributed by atoms with Gasteiger partial charge in [0, 0.05) is 19.5 Å². The molecule has 1 aliphatic carbocycles. The van der Waals surface area contributed by atoms with E-state index in [1.807, 2.05) is 17.0 Å². The van der Waals surface area contributed by atoms with Crippen molar-refractivity contribution in [3.8, 4) is 0 Å². The van der Waals surface area contributed by atoms with Gasteiger partial charge in [-0.25, -0.2) is 4.98 Å². The molecule has 1 saturated heterocycles. The van der Waals surface area contributed by atoms with Gasteiger partial charge in [0.1, 0.15) is 5.82 Å². The van der Waals surface area contributed by atoms with Gasteiger partial charge >= 0.3 is 0 Å². The van der Waals surface area contributed by atoms with Crippen molar-refractivity contribution in [1.82, 2.24) is 10.3 Å². The molecule has 2 N–H and O–H groups in total. The summed E-state index contributed by atoms with van der Waals surface area (Å²) < 4.78 is 0. The minimum absolute atomic E-state index is 0.00759. The monoisotopic (exact) mass is 364 g/mol. The number of hydrogen-bond acceptors (Lipinski definition) is 4. The highest BCUT2D eigenvalue weighted by Crippen LogP contribution is 2.34. The summed E-state index contributed by atoms with van der Waals surface area (Å²) >= 11 is 0. The van der Waals surface area contributed by atoms with Crippen LogP contribution in [0.1, 0.15) is 36.3 Å². The van der Waals surface area contributed by atoms with Gasteiger partial charge in [-0.05, 0) is 48.4 Å². The maximum atomic E-state index is 12.5. The number of aromatic nitrogens is 1. The second kappa shape index (κ2) is 7.78. The van der Waals surface area contributed by atoms with E-state index < -0.39 is 0 Å². The van der Waals surface area contributed by atoms with E-state index in [9.17, 15) is 9.59 Å². The lowest BCUT2D eigenvalue weighted by Crippen LogP contribution is -2.48. The van der Waals surface area contributed by atoms with Crippen molar-refractivity contribution in [3.63, 3.8) is 0 Å². The normalized spacial score (nSPS) is 19.2. The lowest BCUT2D eigenvalue weighted by Gasteiger charge is -2.27. The molecule has 6 heteroatoms. The smallest absolute Gasteiger partial charge is 0.239 e. The van der Waals surface area contributed by atoms with E-state index in [2.05, 4.69) is 39.9 Å². The van der Waals surface area contributed by atoms with Gasteiger partial charge in [0.25, 0.3) is 0 Å². The molecule has 1 atom stereocenters. The highest BCUT2D eigenvalue weighted by molar-refractivity contribution is 5.91. The quantitative estimate of drug-likeness (QED) is 0.874. The second-order valence-electron chi connectivity index (χ2n) is 7.22. The molecule has 1 aromatic heterocycles. The fraction of sp³-hybridized carbons (Fsp3) is 0.381. The van der Waals surface area contributed by atoms with E-state index in [1.54, 1.807) is 6.20 Å². The first-order chi connectivity index (χ1) is 13.2. The SMILES string of the molecule is O=C1CN(c2ccc(NC(=O)CC3CCCc4ccccc43)cn2)CCN1. The Morgan fingerprint density at radius 2 is 2.15 bits per heavy atom. The molecular weight excluding hydrogens is 340 g/mol. The molecule has 1 aliphatic heterocycles. The number of fused-ring (bicyclic) bond motifs is 1. The van der Waals surface area contributed by atoms with E-state index in [0.29, 0.717) is 25.2 Å². The van der Waals surface area contributed by atoms with Gasteiger partial charge in [0.05, 0.1) is 18.4 Å². The number of amides is 2. The average molecular weight is 364 g/mol. The molecule has 4 rings (SSSR count). The number of anilines is 2. The highest BCUT2D eigenvalue weighted by Gasteiger charge is 2.22. The predicted molar refractivity (Wildman–Crippen MR) is 105 cm³/mol. The van der Waals surface area contributed by atoms with Gasteiger partial charge in [-0.1, -0.05) is 24.3 Å². The maximum absolute atomic E-state index is 12.5. The number of pyridine rings is 1. The van der Waals surface area contributed by atoms with E-state index in [0.717, 1.165) is 31.6 Å². The first-order valence-corrected chi connectivity index (χ1v) is 9.54. The zero-order valence-corrected chi connectivity index (χ0v) is 15.3. The molecule has 2 aromatic rings. The lowest BCUT2D eigenvalue weighted by atomic mass is 9.81. The van der Waals surface area contributed by atoms with Crippen molar-refractivity contribution in [2.75, 3.05) is 29.9 Å². The number of aryl methyl sites for hydroxylation is 1. The molecule has 1 aromatic carbocycles. The van der Waals surface area contributed by atoms with Crippen LogP contribution in [0.15, 0.2) is 42.6 Å². The minimum Gasteiger partial charge on any atom is -0.353 e. The third kappa shape index (κ3) is 4.10. The molecular formula is C21H24N4O2. The minimum atomic E-state index is 0.00759. The van der Waals surface area contributed by atoms with Crippen LogP contribution < -0.4 is 15.5 Å². The van der Waals surface area contributed by atoms with Gasteiger partial charge < -0.3 is 15.5 Å². The molecule has 0 saturated carbocycles. The van der Waals surface area contributed by atoms with Crippen LogP contribution >= 0.6 is 0 Å². The zero-order chi connectivity index (χ0) is 18.6. The molecule has 6 nitrogen and oxygen atoms in total. The van der Waals surface area contributed by atoms with Crippen molar-refractivity contribution in [3.05, 3.63) is 53.7 Å². The molecule has 2 heterocycles. The third-order valence-corrected chi connectivity index (χ3v) is 5.32. The number of carbonyl (C=O) groups is 2. The Labute approximate surface area is 159 Å². The zero-order valence-electron chi connectivity index (χ0n) is 15.3. The predicted octanol–water partition coefficient (Wildman–Crippen LogP) is 2.47. The van der Waals surface area contributed by atoms with Crippen molar-refractivity contribution < 1.29 is 9.59 Å². The van der Waals surface area contributed by atoms with Crippen LogP contribution in [0.25, 0.3) is 0 Å². The Kier molecular flexibility index (Phi) is 5.05. The highest BCUT2D eigenvalue weighted by atomic mass is 16.2. The molecule has 27 heavy (non-hydrogen) atoms. The molecule has 0 spiro atoms. The summed E-state index contributed by atoms with van der Waals surface area (Å²) in [6.07, 6.45) is 5.45. The van der Waals surface area contributed by atoms with Crippen molar-refractivity contribution in [1.29, 1.82) is 0 Å². The number of piperazine rings is 1. The standard InChI is InChI=1S/C21H24N4O2/c26-20(12-16-6-3-5-15-4-1-2-7-18(15)16)24-17-8-9-19(23-13-17)25-11-10-22-21(27)14-25/h1-2,4,7-9,13,16H,3,5-6,10-12,14H2,(H,22,27)(H,24,26). The second-order valence-corrected chi connectivity index (χ2v) is 7.22. The summed E-state index contributed by atoms with van der Waals surface area (Å²) in [7, 11) is 0. The Bertz CT molecular complexity index is 834. The van der Waals surface area contributed by atoms with Crippen LogP contribution in [0, 0.1) is 0 Å². The Morgan fingerprint density at radius 3 is 2.96 bits per heavy atom. The molecule has 2 aliphatic rings. The fourth-order valence-electron chi connectivity index (χ4n) is 3.98. The van der Waals surface area contributed by atoms with Gasteiger partial charge in [-0.3, -0.25) is 9.59 Å². The average Bonchev–Trinajstić information content (AvgIpc) is 2.69. The van der Waals surface area contributed by atoms with Crippen LogP contribution in [0.2, 0.25) is 0 Å². The Balaban J connectivity index is 1.37. The molecule has 2 amide bonds. The summed E-state index contributed by atoms with van der Waals surface area (Å²) in [5.74, 6) is 1.06. The van der Waals surface area contributed by atoms with Gasteiger partial charge in [-0.15, -0.1) is 0 Å². The molecule has 0 bridgehead atoms. The summed E-state index contributed by atoms with van der Waals surface area (Å²) in [6.45, 7) is 1.69. The summed E-state index contributed by atoms with van der Waals surface area (Å²) in [6, 6.07) is 12.1. The van der Waals surface area contributed by atoms with Gasteiger partial charge in [-0.2, -0.15) is 0 Å². The van der Waals surface area contributed by atoms with E-state index in [-0.39, 0.29) is 17.7 Å². The third-order valence-electron chi connectivity index (χ3n) is 5.32. The number of benzene rings is 1. The largest absolute Gasteiger partial charge is 0.353 e. The first-order valence-electron chi connectivity index (χ1n) is 9.54. The van der Waals surface area contributed by atoms with E-state index in [4.69, 9.17) is 0 Å². The van der Waals surface area contributed by atoms with Crippen molar-refractivity contribution >= 4 is 23.3 Å². The maximum Gasteiger partial charge on any atom is 0.239 e. The summed E-state index contributed by atoms with van der Waals surface area (Å²) in [4.78, 5) is 30.4. The lowest BCUT2D eigenvalue weighted by molar-refractivity contribution is -0.120. The topological polar surface area (TPSA) is 74.3 Å². The van der Waals surface area contributed by atoms with Gasteiger partial charge in [0.2, 0.25) is 11.8 Å². The number of rotatable bonds is 4. The van der Waals surface area contributed by atoms with Crippen molar-refractivity contribution in [2.24, 2.45) is 0 Å². The van der Waals surface area contributed by atoms with Crippen LogP contribution in [0.4, 0.5) is 11.5 Å². The first kappa shape index (κ1) is 17.5. The number of carbonyl (C=O) groups excluding carboxylic acids is 2. The van der Waals surface area contributed by atoms with Crippen molar-refractivity contribution in [2.45, 2.75) is 31.6 Å². The Hall–Kier alpha value is -2.89. The number of hydrogen-bond donors (Lipinski definition) is 2. The summed E-state index contributed by atoms with van der Waals surface area (Å²) in [5.41, 5.74) is 3.38. The number of nitrogens with zero attached hydrogens (tertiary/aromatic N) is 2. The van der Waals surface area contributed by atoms with Crippen LogP contribution in [-0.2, 0) is 16.0 Å². The Morgan fingerprint density at radius 1 is 1.26 bits per heavy atom. The summed E-state index contributed by atoms with van der Waals surface area (Å²) in [5, 5.41) is 5.76. The van der Waals surface area contributed by atoms with E-state index >= 15 is 0 Å². The molecule has 1 unspecified atom stereocenters. The van der Waals surface area contributed by atoms with Crippen LogP contribution in [-0.4, -0.2) is 36.4 Å². The van der Waals surface area contributed by atoms with Crippen LogP contribution in [0.3, 0.4) is 0 Å².